The van der Waals surface area contributed by atoms with Gasteiger partial charge < -0.3 is 32.3 Å². The summed E-state index contributed by atoms with van der Waals surface area (Å²) in [5, 5.41) is 0. The minimum atomic E-state index is -3.96. The van der Waals surface area contributed by atoms with Gasteiger partial charge in [-0.15, -0.1) is 0 Å². The number of rotatable bonds is 12. The third-order valence-electron chi connectivity index (χ3n) is 4.74. The minimum absolute atomic E-state index is 0.137. The highest BCUT2D eigenvalue weighted by Crippen LogP contribution is 2.20. The molecule has 3 aromatic carbocycles. The summed E-state index contributed by atoms with van der Waals surface area (Å²) in [5.74, 6) is 2.23. The molecule has 7 nitrogen and oxygen atoms in total. The predicted octanol–water partition coefficient (Wildman–Crippen LogP) is 4.09. The van der Waals surface area contributed by atoms with Crippen LogP contribution in [0.25, 0.3) is 0 Å². The molecule has 0 atom stereocenters. The Morgan fingerprint density at radius 1 is 0.500 bits per heavy atom. The molecule has 0 aliphatic carbocycles. The lowest BCUT2D eigenvalue weighted by Gasteiger charge is -2.23. The van der Waals surface area contributed by atoms with Crippen molar-refractivity contribution in [2.75, 3.05) is 21.3 Å². The predicted molar refractivity (Wildman–Crippen MR) is 121 cm³/mol. The normalized spacial score (nSPS) is 11.2. The van der Waals surface area contributed by atoms with E-state index in [1.54, 1.807) is 21.3 Å². The molecule has 1 N–H and O–H groups in total. The van der Waals surface area contributed by atoms with Crippen LogP contribution in [0.1, 0.15) is 16.7 Å². The molecule has 0 aromatic heterocycles. The molecule has 0 fully saturated rings. The molecule has 0 unspecified atom stereocenters. The van der Waals surface area contributed by atoms with E-state index in [2.05, 4.69) is 0 Å². The molecule has 3 aromatic rings. The average Bonchev–Trinajstić information content (AvgIpc) is 2.86. The molecular weight excluding hydrogens is 428 g/mol. The van der Waals surface area contributed by atoms with Crippen LogP contribution >= 0.6 is 0 Å². The van der Waals surface area contributed by atoms with Crippen LogP contribution in [0.15, 0.2) is 72.8 Å². The van der Waals surface area contributed by atoms with E-state index in [9.17, 15) is 4.80 Å². The maximum Gasteiger partial charge on any atom is 0.677 e. The van der Waals surface area contributed by atoms with Crippen molar-refractivity contribution in [1.82, 2.24) is 0 Å². The van der Waals surface area contributed by atoms with Crippen molar-refractivity contribution < 1.29 is 32.3 Å². The van der Waals surface area contributed by atoms with Gasteiger partial charge in [0.25, 0.3) is 0 Å². The molecule has 0 saturated heterocycles. The van der Waals surface area contributed by atoms with E-state index in [0.29, 0.717) is 0 Å². The van der Waals surface area contributed by atoms with E-state index in [1.165, 1.54) is 0 Å². The highest BCUT2D eigenvalue weighted by atomic mass is 28.4. The Morgan fingerprint density at radius 3 is 0.969 bits per heavy atom. The largest absolute Gasteiger partial charge is 0.677 e. The molecule has 8 heteroatoms. The number of ether oxygens (including phenoxy) is 3. The van der Waals surface area contributed by atoms with Gasteiger partial charge in [0.1, 0.15) is 17.2 Å². The van der Waals surface area contributed by atoms with Gasteiger partial charge in [-0.1, -0.05) is 36.4 Å². The fraction of sp³-hybridized carbons (Fsp3) is 0.250. The molecule has 32 heavy (non-hydrogen) atoms. The molecule has 0 aliphatic rings. The van der Waals surface area contributed by atoms with E-state index in [4.69, 9.17) is 27.5 Å². The van der Waals surface area contributed by atoms with E-state index in [0.717, 1.165) is 33.9 Å². The Kier molecular flexibility index (Phi) is 8.66. The zero-order valence-corrected chi connectivity index (χ0v) is 19.4. The summed E-state index contributed by atoms with van der Waals surface area (Å²) < 4.78 is 32.9. The van der Waals surface area contributed by atoms with Crippen LogP contribution in [0.4, 0.5) is 0 Å². The Balaban J connectivity index is 1.66. The van der Waals surface area contributed by atoms with E-state index < -0.39 is 9.05 Å². The van der Waals surface area contributed by atoms with Crippen LogP contribution in [-0.4, -0.2) is 35.2 Å². The first-order valence-electron chi connectivity index (χ1n) is 10.1. The number of hydrogen-bond donors (Lipinski definition) is 1. The summed E-state index contributed by atoms with van der Waals surface area (Å²) in [7, 11) is 0.868. The monoisotopic (exact) mass is 456 g/mol. The fourth-order valence-corrected chi connectivity index (χ4v) is 4.11. The topological polar surface area (TPSA) is 75.6 Å². The zero-order valence-electron chi connectivity index (χ0n) is 18.4. The molecule has 0 radical (unpaired) electrons. The summed E-state index contributed by atoms with van der Waals surface area (Å²) in [6, 6.07) is 22.1. The third-order valence-corrected chi connectivity index (χ3v) is 6.27. The Labute approximate surface area is 189 Å². The standard InChI is InChI=1S/C24H28O7Si/c1-26-22-10-4-19(5-11-22)16-29-32(25,30-17-20-6-12-23(27-2)13-7-20)31-18-21-8-14-24(28-3)15-9-21/h4-15,25H,16-18H2,1-3H3. The van der Waals surface area contributed by atoms with Gasteiger partial charge in [-0.05, 0) is 53.1 Å². The highest BCUT2D eigenvalue weighted by molar-refractivity contribution is 6.51. The van der Waals surface area contributed by atoms with Crippen LogP contribution in [0.3, 0.4) is 0 Å². The van der Waals surface area contributed by atoms with Crippen molar-refractivity contribution >= 4 is 9.05 Å². The van der Waals surface area contributed by atoms with Crippen LogP contribution in [0, 0.1) is 0 Å². The van der Waals surface area contributed by atoms with Gasteiger partial charge in [-0.25, -0.2) is 0 Å². The first-order chi connectivity index (χ1) is 15.5. The second-order valence-electron chi connectivity index (χ2n) is 6.93. The van der Waals surface area contributed by atoms with Crippen LogP contribution in [-0.2, 0) is 33.1 Å². The Hall–Kier alpha value is -2.88. The molecular formula is C24H28O7Si. The summed E-state index contributed by atoms with van der Waals surface area (Å²) in [5.41, 5.74) is 2.58. The number of hydrogen-bond acceptors (Lipinski definition) is 7. The molecule has 3 rings (SSSR count). The van der Waals surface area contributed by atoms with Gasteiger partial charge in [0.05, 0.1) is 41.2 Å². The molecule has 170 valence electrons. The minimum Gasteiger partial charge on any atom is -0.497 e. The second kappa shape index (κ2) is 11.7. The maximum atomic E-state index is 11.1. The lowest BCUT2D eigenvalue weighted by molar-refractivity contribution is -0.0224. The molecule has 0 spiro atoms. The van der Waals surface area contributed by atoms with Crippen LogP contribution < -0.4 is 14.2 Å². The van der Waals surface area contributed by atoms with Crippen LogP contribution in [0.2, 0.25) is 0 Å². The molecule has 0 amide bonds. The Morgan fingerprint density at radius 2 is 0.750 bits per heavy atom. The highest BCUT2D eigenvalue weighted by Gasteiger charge is 2.41. The molecule has 0 aliphatic heterocycles. The van der Waals surface area contributed by atoms with Gasteiger partial charge in [0.15, 0.2) is 0 Å². The smallest absolute Gasteiger partial charge is 0.497 e. The maximum absolute atomic E-state index is 11.1. The molecule has 0 bridgehead atoms. The SMILES string of the molecule is COc1ccc(CO[Si](O)(OCc2ccc(OC)cc2)OCc2ccc(OC)cc2)cc1. The lowest BCUT2D eigenvalue weighted by Crippen LogP contribution is -2.45. The summed E-state index contributed by atoms with van der Waals surface area (Å²) in [6.45, 7) is 0.411. The molecule has 0 heterocycles. The number of methoxy groups -OCH3 is 3. The van der Waals surface area contributed by atoms with Gasteiger partial charge >= 0.3 is 9.05 Å². The van der Waals surface area contributed by atoms with Crippen molar-refractivity contribution in [2.24, 2.45) is 0 Å². The Bertz CT molecular complexity index is 818. The fourth-order valence-electron chi connectivity index (χ4n) is 2.81. The van der Waals surface area contributed by atoms with Crippen molar-refractivity contribution in [1.29, 1.82) is 0 Å². The van der Waals surface area contributed by atoms with E-state index >= 15 is 0 Å². The quantitative estimate of drug-likeness (QED) is 0.412. The van der Waals surface area contributed by atoms with Gasteiger partial charge in [0.2, 0.25) is 0 Å². The summed E-state index contributed by atoms with van der Waals surface area (Å²) in [4.78, 5) is 11.1. The summed E-state index contributed by atoms with van der Waals surface area (Å²) in [6.07, 6.45) is 0. The van der Waals surface area contributed by atoms with E-state index in [-0.39, 0.29) is 19.8 Å². The van der Waals surface area contributed by atoms with Crippen molar-refractivity contribution in [3.63, 3.8) is 0 Å². The van der Waals surface area contributed by atoms with Crippen molar-refractivity contribution in [3.05, 3.63) is 89.5 Å². The number of benzene rings is 3. The first-order valence-corrected chi connectivity index (χ1v) is 11.7. The van der Waals surface area contributed by atoms with Crippen molar-refractivity contribution in [3.8, 4) is 17.2 Å². The molecule has 0 saturated carbocycles. The average molecular weight is 457 g/mol. The van der Waals surface area contributed by atoms with Crippen LogP contribution in [0.5, 0.6) is 17.2 Å². The second-order valence-corrected chi connectivity index (χ2v) is 8.85. The van der Waals surface area contributed by atoms with Crippen molar-refractivity contribution in [2.45, 2.75) is 19.8 Å². The van der Waals surface area contributed by atoms with Gasteiger partial charge in [-0.3, -0.25) is 0 Å². The summed E-state index contributed by atoms with van der Waals surface area (Å²) >= 11 is 0. The van der Waals surface area contributed by atoms with Gasteiger partial charge in [0, 0.05) is 0 Å². The van der Waals surface area contributed by atoms with Gasteiger partial charge in [-0.2, -0.15) is 0 Å². The van der Waals surface area contributed by atoms with E-state index in [1.807, 2.05) is 72.8 Å². The lowest BCUT2D eigenvalue weighted by atomic mass is 10.2. The first kappa shape index (κ1) is 23.8. The third kappa shape index (κ3) is 7.08. The zero-order chi connectivity index (χ0) is 22.8.